The molecule has 6 aliphatic rings. The van der Waals surface area contributed by atoms with Gasteiger partial charge in [-0.25, -0.2) is 4.79 Å². The fourth-order valence-corrected chi connectivity index (χ4v) is 6.61. The molecule has 4 bridgehead atoms. The molecule has 29 heavy (non-hydrogen) atoms. The van der Waals surface area contributed by atoms with E-state index in [2.05, 4.69) is 10.5 Å². The third-order valence-corrected chi connectivity index (χ3v) is 8.69. The molecule has 0 spiro atoms. The van der Waals surface area contributed by atoms with Gasteiger partial charge in [-0.3, -0.25) is 0 Å². The number of carbonyl (C=O) groups is 1. The molecule has 3 heterocycles. The molecule has 7 rings (SSSR count). The molecule has 0 aromatic carbocycles. The van der Waals surface area contributed by atoms with E-state index in [0.717, 1.165) is 75.7 Å². The second-order valence-electron chi connectivity index (χ2n) is 10.3. The van der Waals surface area contributed by atoms with Gasteiger partial charge in [0.25, 0.3) is 0 Å². The number of fused-ring (bicyclic) bond motifs is 5. The molecule has 3 atom stereocenters. The van der Waals surface area contributed by atoms with Crippen LogP contribution in [0.5, 0.6) is 0 Å². The highest BCUT2D eigenvalue weighted by atomic mass is 16.5. The minimum absolute atomic E-state index is 0.0207. The summed E-state index contributed by atoms with van der Waals surface area (Å²) in [4.78, 5) is 13.4. The maximum Gasteiger partial charge on any atom is 0.344 e. The number of ether oxygens (including phenoxy) is 2. The van der Waals surface area contributed by atoms with Crippen LogP contribution in [-0.2, 0) is 14.9 Å². The van der Waals surface area contributed by atoms with Crippen LogP contribution in [0, 0.1) is 0 Å². The monoisotopic (exact) mass is 400 g/mol. The van der Waals surface area contributed by atoms with E-state index in [-0.39, 0.29) is 23.1 Å². The van der Waals surface area contributed by atoms with Crippen LogP contribution in [-0.4, -0.2) is 42.0 Å². The van der Waals surface area contributed by atoms with Gasteiger partial charge in [-0.1, -0.05) is 5.16 Å². The van der Waals surface area contributed by atoms with Crippen LogP contribution in [0.15, 0.2) is 4.52 Å². The van der Waals surface area contributed by atoms with Crippen LogP contribution < -0.4 is 5.32 Å². The van der Waals surface area contributed by atoms with Crippen LogP contribution in [0.25, 0.3) is 0 Å². The van der Waals surface area contributed by atoms with Crippen LogP contribution in [0.2, 0.25) is 0 Å². The van der Waals surface area contributed by atoms with E-state index in [4.69, 9.17) is 14.0 Å². The third kappa shape index (κ3) is 2.97. The van der Waals surface area contributed by atoms with Gasteiger partial charge in [0.1, 0.15) is 17.4 Å². The van der Waals surface area contributed by atoms with Gasteiger partial charge in [0.05, 0.1) is 5.60 Å². The Morgan fingerprint density at radius 1 is 1.03 bits per heavy atom. The second-order valence-corrected chi connectivity index (χ2v) is 10.3. The number of methoxy groups -OCH3 is 1. The van der Waals surface area contributed by atoms with Gasteiger partial charge in [0, 0.05) is 30.5 Å². The molecule has 2 saturated heterocycles. The van der Waals surface area contributed by atoms with E-state index in [1.807, 2.05) is 7.11 Å². The van der Waals surface area contributed by atoms with Crippen molar-refractivity contribution < 1.29 is 18.8 Å². The first-order valence-electron chi connectivity index (χ1n) is 11.6. The van der Waals surface area contributed by atoms with Gasteiger partial charge < -0.3 is 19.3 Å². The summed E-state index contributed by atoms with van der Waals surface area (Å²) in [5.74, 6) is 0.966. The van der Waals surface area contributed by atoms with E-state index >= 15 is 0 Å². The molecular weight excluding hydrogens is 368 g/mol. The summed E-state index contributed by atoms with van der Waals surface area (Å²) in [7, 11) is 1.84. The van der Waals surface area contributed by atoms with E-state index in [9.17, 15) is 4.79 Å². The van der Waals surface area contributed by atoms with Crippen LogP contribution in [0.4, 0.5) is 0 Å². The van der Waals surface area contributed by atoms with Crippen molar-refractivity contribution in [1.29, 1.82) is 0 Å². The number of piperidine rings is 1. The standard InChI is InChI=1S/C23H32N2O4/c1-27-23-9-6-22(7-10-23,8-11-23)20-18(19(29-25-20)14-2-3-14)21(26)28-17-12-15-4-5-16(13-17)24-15/h14-17,24H,2-13H2,1H3/t15-,16+,17?,22?,23?. The molecular formula is C23H32N2O4. The molecule has 4 aliphatic carbocycles. The van der Waals surface area contributed by atoms with Gasteiger partial charge in [-0.15, -0.1) is 0 Å². The summed E-state index contributed by atoms with van der Waals surface area (Å²) >= 11 is 0. The van der Waals surface area contributed by atoms with Crippen molar-refractivity contribution in [3.63, 3.8) is 0 Å². The molecule has 0 radical (unpaired) electrons. The number of esters is 1. The molecule has 6 fully saturated rings. The van der Waals surface area contributed by atoms with E-state index < -0.39 is 0 Å². The van der Waals surface area contributed by atoms with Gasteiger partial charge >= 0.3 is 5.97 Å². The quantitative estimate of drug-likeness (QED) is 0.754. The number of nitrogens with one attached hydrogen (secondary N) is 1. The highest BCUT2D eigenvalue weighted by Gasteiger charge is 2.53. The smallest absolute Gasteiger partial charge is 0.344 e. The van der Waals surface area contributed by atoms with Crippen molar-refractivity contribution in [2.45, 2.75) is 112 Å². The first kappa shape index (κ1) is 18.4. The summed E-state index contributed by atoms with van der Waals surface area (Å²) < 4.78 is 17.8. The molecule has 2 aliphatic heterocycles. The third-order valence-electron chi connectivity index (χ3n) is 8.69. The minimum atomic E-state index is -0.182. The largest absolute Gasteiger partial charge is 0.459 e. The van der Waals surface area contributed by atoms with E-state index in [0.29, 0.717) is 23.6 Å². The maximum absolute atomic E-state index is 13.4. The normalized spacial score (nSPS) is 40.9. The minimum Gasteiger partial charge on any atom is -0.459 e. The SMILES string of the molecule is COC12CCC(c3noc(C4CC4)c3C(=O)OC3C[C@H]4CC[C@@H](C3)N4)(CC1)CC2. The molecule has 0 amide bonds. The van der Waals surface area contributed by atoms with Crippen molar-refractivity contribution in [1.82, 2.24) is 10.5 Å². The number of rotatable bonds is 5. The Morgan fingerprint density at radius 2 is 1.69 bits per heavy atom. The van der Waals surface area contributed by atoms with Crippen molar-refractivity contribution in [3.8, 4) is 0 Å². The lowest BCUT2D eigenvalue weighted by molar-refractivity contribution is -0.0967. The van der Waals surface area contributed by atoms with E-state index in [1.165, 1.54) is 12.8 Å². The Morgan fingerprint density at radius 3 is 2.28 bits per heavy atom. The molecule has 6 heteroatoms. The molecule has 1 N–H and O–H groups in total. The number of carbonyl (C=O) groups excluding carboxylic acids is 1. The van der Waals surface area contributed by atoms with Crippen molar-refractivity contribution in [2.24, 2.45) is 0 Å². The molecule has 6 nitrogen and oxygen atoms in total. The zero-order chi connectivity index (χ0) is 19.6. The number of nitrogens with zero attached hydrogens (tertiary/aromatic N) is 1. The fourth-order valence-electron chi connectivity index (χ4n) is 6.61. The topological polar surface area (TPSA) is 73.6 Å². The molecule has 4 saturated carbocycles. The molecule has 1 aromatic rings. The summed E-state index contributed by atoms with van der Waals surface area (Å²) in [5.41, 5.74) is 1.58. The highest BCUT2D eigenvalue weighted by molar-refractivity contribution is 5.92. The first-order valence-corrected chi connectivity index (χ1v) is 11.6. The van der Waals surface area contributed by atoms with Crippen LogP contribution in [0.3, 0.4) is 0 Å². The van der Waals surface area contributed by atoms with Crippen LogP contribution in [0.1, 0.15) is 105 Å². The van der Waals surface area contributed by atoms with Gasteiger partial charge in [-0.2, -0.15) is 0 Å². The van der Waals surface area contributed by atoms with Crippen molar-refractivity contribution in [3.05, 3.63) is 17.0 Å². The zero-order valence-electron chi connectivity index (χ0n) is 17.4. The summed E-state index contributed by atoms with van der Waals surface area (Å²) in [6.07, 6.45) is 12.7. The van der Waals surface area contributed by atoms with Gasteiger partial charge in [0.2, 0.25) is 0 Å². The van der Waals surface area contributed by atoms with Gasteiger partial charge in [0.15, 0.2) is 5.76 Å². The average Bonchev–Trinajstić information content (AvgIpc) is 3.40. The summed E-state index contributed by atoms with van der Waals surface area (Å²) in [6, 6.07) is 1.02. The summed E-state index contributed by atoms with van der Waals surface area (Å²) in [6.45, 7) is 0. The van der Waals surface area contributed by atoms with Gasteiger partial charge in [-0.05, 0) is 77.0 Å². The van der Waals surface area contributed by atoms with Crippen molar-refractivity contribution in [2.75, 3.05) is 7.11 Å². The average molecular weight is 401 g/mol. The van der Waals surface area contributed by atoms with Crippen molar-refractivity contribution >= 4 is 5.97 Å². The lowest BCUT2D eigenvalue weighted by atomic mass is 9.57. The second kappa shape index (κ2) is 6.55. The highest BCUT2D eigenvalue weighted by Crippen LogP contribution is 2.56. The summed E-state index contributed by atoms with van der Waals surface area (Å²) in [5, 5.41) is 8.17. The maximum atomic E-state index is 13.4. The Hall–Kier alpha value is -1.40. The molecule has 1 unspecified atom stereocenters. The number of aromatic nitrogens is 1. The lowest BCUT2D eigenvalue weighted by Crippen LogP contribution is -2.50. The fraction of sp³-hybridized carbons (Fsp3) is 0.826. The predicted molar refractivity (Wildman–Crippen MR) is 106 cm³/mol. The first-order chi connectivity index (χ1) is 14.1. The predicted octanol–water partition coefficient (Wildman–Crippen LogP) is 3.98. The van der Waals surface area contributed by atoms with Crippen LogP contribution >= 0.6 is 0 Å². The van der Waals surface area contributed by atoms with E-state index in [1.54, 1.807) is 0 Å². The Labute approximate surface area is 172 Å². The number of hydrogen-bond donors (Lipinski definition) is 1. The molecule has 1 aromatic heterocycles. The molecule has 158 valence electrons. The Kier molecular flexibility index (Phi) is 4.15. The lowest BCUT2D eigenvalue weighted by Gasteiger charge is -2.52. The Bertz CT molecular complexity index is 777. The zero-order valence-corrected chi connectivity index (χ0v) is 17.4. The number of hydrogen-bond acceptors (Lipinski definition) is 6. The Balaban J connectivity index is 1.28.